The lowest BCUT2D eigenvalue weighted by atomic mass is 9.89. The molecule has 3 unspecified atom stereocenters. The molecule has 0 radical (unpaired) electrons. The van der Waals surface area contributed by atoms with Crippen LogP contribution in [0.3, 0.4) is 0 Å². The van der Waals surface area contributed by atoms with Gasteiger partial charge in [0.2, 0.25) is 5.91 Å². The Hall–Kier alpha value is -1.19. The summed E-state index contributed by atoms with van der Waals surface area (Å²) in [6.45, 7) is -1.05. The number of carboxylic acids is 1. The maximum Gasteiger partial charge on any atom is 0.364 e. The summed E-state index contributed by atoms with van der Waals surface area (Å²) in [6.07, 6.45) is -13.3. The third-order valence-corrected chi connectivity index (χ3v) is 7.01. The van der Waals surface area contributed by atoms with Crippen molar-refractivity contribution in [1.82, 2.24) is 5.32 Å². The van der Waals surface area contributed by atoms with Crippen LogP contribution in [0.2, 0.25) is 0 Å². The molecule has 2 aliphatic rings. The summed E-state index contributed by atoms with van der Waals surface area (Å²) in [7, 11) is 0. The minimum absolute atomic E-state index is 0.0964. The lowest BCUT2D eigenvalue weighted by molar-refractivity contribution is -0.337. The number of nitrogens with two attached hydrogens (primary N) is 1. The quantitative estimate of drug-likeness (QED) is 0.0586. The predicted octanol–water partition coefficient (Wildman–Crippen LogP) is -4.59. The van der Waals surface area contributed by atoms with E-state index in [4.69, 9.17) is 29.8 Å². The van der Waals surface area contributed by atoms with E-state index in [1.165, 1.54) is 0 Å². The molecule has 234 valence electrons. The molecule has 17 heteroatoms. The van der Waals surface area contributed by atoms with E-state index in [9.17, 15) is 45.3 Å². The highest BCUT2D eigenvalue weighted by Gasteiger charge is 2.55. The summed E-state index contributed by atoms with van der Waals surface area (Å²) in [5.41, 5.74) is 5.82. The third kappa shape index (κ3) is 9.15. The van der Waals surface area contributed by atoms with Gasteiger partial charge in [-0.15, -0.1) is 0 Å². The molecular weight excluding hydrogens is 560 g/mol. The normalized spacial score (nSPS) is 36.1. The molecular formula is C23H42N2O14S. The zero-order valence-corrected chi connectivity index (χ0v) is 22.8. The van der Waals surface area contributed by atoms with E-state index >= 15 is 0 Å². The van der Waals surface area contributed by atoms with E-state index < -0.39 is 92.6 Å². The van der Waals surface area contributed by atoms with Crippen LogP contribution in [0.5, 0.6) is 0 Å². The molecule has 0 spiro atoms. The van der Waals surface area contributed by atoms with Gasteiger partial charge in [-0.3, -0.25) is 4.79 Å². The molecule has 1 amide bonds. The van der Waals surface area contributed by atoms with Gasteiger partial charge in [-0.25, -0.2) is 4.79 Å². The van der Waals surface area contributed by atoms with Crippen LogP contribution >= 0.6 is 12.6 Å². The van der Waals surface area contributed by atoms with Gasteiger partial charge in [0, 0.05) is 26.0 Å². The van der Waals surface area contributed by atoms with Crippen molar-refractivity contribution in [3.63, 3.8) is 0 Å². The fraction of sp³-hybridized carbons (Fsp3) is 0.913. The summed E-state index contributed by atoms with van der Waals surface area (Å²) in [4.78, 5) is 23.6. The largest absolute Gasteiger partial charge is 0.477 e. The molecule has 2 rings (SSSR count). The Morgan fingerprint density at radius 1 is 1.10 bits per heavy atom. The van der Waals surface area contributed by atoms with Gasteiger partial charge in [0.05, 0.1) is 25.4 Å². The summed E-state index contributed by atoms with van der Waals surface area (Å²) < 4.78 is 21.9. The molecule has 2 saturated heterocycles. The number of rotatable bonds is 16. The lowest BCUT2D eigenvalue weighted by Gasteiger charge is -2.46. The number of unbranched alkanes of at least 4 members (excludes halogenated alkanes) is 2. The molecule has 2 fully saturated rings. The second-order valence-corrected chi connectivity index (χ2v) is 10.3. The number of carboxylic acid groups (broad SMARTS) is 1. The van der Waals surface area contributed by atoms with Crippen molar-refractivity contribution >= 4 is 24.5 Å². The molecule has 0 aromatic carbocycles. The Balaban J connectivity index is 1.96. The Morgan fingerprint density at radius 2 is 1.80 bits per heavy atom. The maximum absolute atomic E-state index is 12.2. The van der Waals surface area contributed by atoms with Gasteiger partial charge in [0.1, 0.15) is 42.7 Å². The first-order valence-electron chi connectivity index (χ1n) is 13.0. The first kappa shape index (κ1) is 35.0. The second-order valence-electron chi connectivity index (χ2n) is 9.81. The van der Waals surface area contributed by atoms with Gasteiger partial charge in [0.15, 0.2) is 6.29 Å². The second kappa shape index (κ2) is 16.4. The van der Waals surface area contributed by atoms with Crippen LogP contribution in [0.4, 0.5) is 0 Å². The van der Waals surface area contributed by atoms with Crippen molar-refractivity contribution in [3.8, 4) is 0 Å². The molecule has 0 aromatic heterocycles. The molecule has 16 nitrogen and oxygen atoms in total. The number of hydrogen-bond acceptors (Lipinski definition) is 15. The molecule has 40 heavy (non-hydrogen) atoms. The minimum atomic E-state index is -2.61. The number of ether oxygens (including phenoxy) is 4. The highest BCUT2D eigenvalue weighted by molar-refractivity contribution is 7.80. The summed E-state index contributed by atoms with van der Waals surface area (Å²) in [6, 6.07) is -1.34. The Kier molecular flexibility index (Phi) is 14.4. The zero-order chi connectivity index (χ0) is 30.0. The number of thiol groups is 1. The van der Waals surface area contributed by atoms with Crippen molar-refractivity contribution in [2.75, 3.05) is 32.1 Å². The molecule has 2 aliphatic heterocycles. The van der Waals surface area contributed by atoms with Crippen molar-refractivity contribution in [1.29, 1.82) is 0 Å². The van der Waals surface area contributed by atoms with Crippen LogP contribution < -0.4 is 11.1 Å². The van der Waals surface area contributed by atoms with Crippen molar-refractivity contribution in [2.24, 2.45) is 5.73 Å². The van der Waals surface area contributed by atoms with E-state index in [-0.39, 0.29) is 12.5 Å². The van der Waals surface area contributed by atoms with Crippen LogP contribution in [-0.4, -0.2) is 152 Å². The Labute approximate surface area is 236 Å². The summed E-state index contributed by atoms with van der Waals surface area (Å²) in [5.74, 6) is -3.98. The first-order chi connectivity index (χ1) is 18.9. The van der Waals surface area contributed by atoms with Crippen LogP contribution in [-0.2, 0) is 28.5 Å². The van der Waals surface area contributed by atoms with Crippen molar-refractivity contribution in [2.45, 2.75) is 99.1 Å². The number of aliphatic hydroxyl groups is 7. The maximum atomic E-state index is 12.2. The smallest absolute Gasteiger partial charge is 0.364 e. The molecule has 0 aromatic rings. The topological polar surface area (TPSA) is 271 Å². The van der Waals surface area contributed by atoms with Crippen molar-refractivity contribution < 1.29 is 69.4 Å². The molecule has 11 atom stereocenters. The molecule has 0 bridgehead atoms. The Morgan fingerprint density at radius 3 is 2.42 bits per heavy atom. The monoisotopic (exact) mass is 602 g/mol. The number of nitrogens with one attached hydrogen (secondary N) is 1. The minimum Gasteiger partial charge on any atom is -0.477 e. The molecule has 0 aliphatic carbocycles. The fourth-order valence-electron chi connectivity index (χ4n) is 4.32. The van der Waals surface area contributed by atoms with Gasteiger partial charge in [0.25, 0.3) is 5.79 Å². The predicted molar refractivity (Wildman–Crippen MR) is 137 cm³/mol. The van der Waals surface area contributed by atoms with E-state index in [1.54, 1.807) is 0 Å². The third-order valence-electron chi connectivity index (χ3n) is 6.79. The lowest BCUT2D eigenvalue weighted by Crippen LogP contribution is -2.67. The van der Waals surface area contributed by atoms with Gasteiger partial charge in [-0.1, -0.05) is 0 Å². The number of aliphatic hydroxyl groups excluding tert-OH is 7. The van der Waals surface area contributed by atoms with E-state index in [0.717, 1.165) is 0 Å². The number of hydrogen-bond donors (Lipinski definition) is 11. The number of amides is 1. The van der Waals surface area contributed by atoms with Crippen LogP contribution in [0.1, 0.15) is 32.1 Å². The standard InChI is InChI=1S/C23H42N2O14S/c24-15-11(27)8-23(22(34)35,39-20(15)16(30)12(28)9-26)37-10-13-17(31)18(32)19(33)21(38-13)36-6-3-1-2-5-25-14(29)4-7-40/h11-13,15-21,26-28,30-33,40H,1-10,24H2,(H,25,29)(H,34,35)/t11-,12-,13?,15-,16-,17+,18+,19?,20?,21+,23-/m1/s1. The van der Waals surface area contributed by atoms with Gasteiger partial charge in [-0.2, -0.15) is 12.6 Å². The van der Waals surface area contributed by atoms with Gasteiger partial charge >= 0.3 is 5.97 Å². The van der Waals surface area contributed by atoms with Crippen molar-refractivity contribution in [3.05, 3.63) is 0 Å². The Bertz CT molecular complexity index is 799. The average molecular weight is 603 g/mol. The highest BCUT2D eigenvalue weighted by atomic mass is 32.1. The summed E-state index contributed by atoms with van der Waals surface area (Å²) in [5, 5.41) is 83.1. The van der Waals surface area contributed by atoms with Crippen LogP contribution in [0.25, 0.3) is 0 Å². The molecule has 11 N–H and O–H groups in total. The average Bonchev–Trinajstić information content (AvgIpc) is 2.92. The van der Waals surface area contributed by atoms with E-state index in [1.807, 2.05) is 0 Å². The van der Waals surface area contributed by atoms with E-state index in [2.05, 4.69) is 17.9 Å². The van der Waals surface area contributed by atoms with Gasteiger partial charge in [-0.05, 0) is 25.0 Å². The first-order valence-corrected chi connectivity index (χ1v) is 13.7. The fourth-order valence-corrected chi connectivity index (χ4v) is 4.53. The number of carbonyl (C=O) groups excluding carboxylic acids is 1. The zero-order valence-electron chi connectivity index (χ0n) is 21.9. The van der Waals surface area contributed by atoms with Crippen LogP contribution in [0.15, 0.2) is 0 Å². The number of aliphatic carboxylic acids is 1. The highest BCUT2D eigenvalue weighted by Crippen LogP contribution is 2.34. The van der Waals surface area contributed by atoms with E-state index in [0.29, 0.717) is 38.0 Å². The van der Waals surface area contributed by atoms with Gasteiger partial charge < -0.3 is 70.9 Å². The summed E-state index contributed by atoms with van der Waals surface area (Å²) >= 11 is 3.98. The number of carbonyl (C=O) groups is 2. The van der Waals surface area contributed by atoms with Crippen LogP contribution in [0, 0.1) is 0 Å². The molecule has 2 heterocycles. The SMILES string of the molecule is N[C@H]1C([C@H](O)[C@H](O)CO)O[C@@](OCC2O[C@H](OCCCCCNC(=O)CCS)C(O)[C@@H](O)[C@H]2O)(C(=O)O)C[C@H]1O. The molecule has 0 saturated carbocycles.